The average molecular weight is 543 g/mol. The van der Waals surface area contributed by atoms with Crippen molar-refractivity contribution in [2.24, 2.45) is 23.7 Å². The molecule has 0 saturated carbocycles. The van der Waals surface area contributed by atoms with Crippen molar-refractivity contribution in [1.82, 2.24) is 5.32 Å². The van der Waals surface area contributed by atoms with Gasteiger partial charge in [0.05, 0.1) is 12.1 Å². The van der Waals surface area contributed by atoms with Crippen LogP contribution < -0.4 is 10.2 Å². The third-order valence-corrected chi connectivity index (χ3v) is 11.0. The number of para-hydroxylation sites is 1. The van der Waals surface area contributed by atoms with Crippen LogP contribution in [0, 0.1) is 23.7 Å². The molecule has 6 atom stereocenters. The van der Waals surface area contributed by atoms with Gasteiger partial charge < -0.3 is 10.2 Å². The second-order valence-electron chi connectivity index (χ2n) is 13.2. The molecule has 1 N–H and O–H groups in total. The largest absolute Gasteiger partial charge is 0.381 e. The summed E-state index contributed by atoms with van der Waals surface area (Å²) in [6.45, 7) is 11.8. The highest BCUT2D eigenvalue weighted by molar-refractivity contribution is 5.91. The van der Waals surface area contributed by atoms with Gasteiger partial charge in [-0.15, -0.1) is 0 Å². The maximum absolute atomic E-state index is 4.70. The van der Waals surface area contributed by atoms with Gasteiger partial charge in [-0.3, -0.25) is 0 Å². The normalized spacial score (nSPS) is 31.9. The summed E-state index contributed by atoms with van der Waals surface area (Å²) in [5.74, 6) is 2.52. The van der Waals surface area contributed by atoms with Gasteiger partial charge in [-0.25, -0.2) is 0 Å². The lowest BCUT2D eigenvalue weighted by molar-refractivity contribution is 0.313. The molecule has 2 heteroatoms. The fourth-order valence-electron chi connectivity index (χ4n) is 8.42. The summed E-state index contributed by atoms with van der Waals surface area (Å²) in [4.78, 5) is 2.57. The van der Waals surface area contributed by atoms with E-state index in [-0.39, 0.29) is 0 Å². The Morgan fingerprint density at radius 2 is 1.95 bits per heavy atom. The number of nitrogens with one attached hydrogen (secondary N) is 1. The fraction of sp³-hybridized carbons (Fsp3) is 0.436. The Morgan fingerprint density at radius 1 is 1.07 bits per heavy atom. The SMILES string of the molecule is C=C(CC/C(=C/C)C1C=CCC(C)C1C)N1c2ccccc2C2=CC(C3C=C4C5=C(CCC=C5)NC4CC3)=CCC21. The minimum absolute atomic E-state index is 0.360. The van der Waals surface area contributed by atoms with Crippen LogP contribution in [-0.4, -0.2) is 12.1 Å². The van der Waals surface area contributed by atoms with E-state index in [1.165, 1.54) is 71.5 Å². The van der Waals surface area contributed by atoms with Crippen molar-refractivity contribution in [3.05, 3.63) is 119 Å². The standard InChI is InChI=1S/C39H46N2/c1-5-28(31-14-10-11-25(2)27(31)4)18-17-26(3)41-38-16-9-7-13-33(38)35-24-30(20-22-39(35)41)29-19-21-37-34(23-29)32-12-6-8-15-36(32)40-37/h5-7,9-10,12-14,16,20,23-25,27,29,31,37,39-40H,3,8,11,15,17-19,21-22H2,1-2,4H3/b28-5-. The zero-order chi connectivity index (χ0) is 28.1. The number of rotatable bonds is 6. The maximum atomic E-state index is 4.70. The Labute approximate surface area is 247 Å². The Morgan fingerprint density at radius 3 is 2.83 bits per heavy atom. The van der Waals surface area contributed by atoms with Gasteiger partial charge in [-0.1, -0.05) is 92.8 Å². The molecule has 2 aliphatic heterocycles. The van der Waals surface area contributed by atoms with Gasteiger partial charge in [-0.2, -0.15) is 0 Å². The summed E-state index contributed by atoms with van der Waals surface area (Å²) in [5.41, 5.74) is 13.1. The molecule has 0 aromatic heterocycles. The van der Waals surface area contributed by atoms with E-state index >= 15 is 0 Å². The number of nitrogens with zero attached hydrogens (tertiary/aromatic N) is 1. The van der Waals surface area contributed by atoms with E-state index in [2.05, 4.69) is 104 Å². The van der Waals surface area contributed by atoms with E-state index < -0.39 is 0 Å². The number of allylic oxidation sites excluding steroid dienone is 11. The lowest BCUT2D eigenvalue weighted by Gasteiger charge is -2.34. The predicted octanol–water partition coefficient (Wildman–Crippen LogP) is 9.59. The van der Waals surface area contributed by atoms with Crippen molar-refractivity contribution in [1.29, 1.82) is 0 Å². The summed E-state index contributed by atoms with van der Waals surface area (Å²) in [6, 6.07) is 9.92. The molecule has 4 aliphatic carbocycles. The van der Waals surface area contributed by atoms with Crippen LogP contribution in [0.3, 0.4) is 0 Å². The summed E-state index contributed by atoms with van der Waals surface area (Å²) in [5, 5.41) is 3.84. The summed E-state index contributed by atoms with van der Waals surface area (Å²) in [7, 11) is 0. The molecule has 0 spiro atoms. The Bertz CT molecular complexity index is 1460. The van der Waals surface area contributed by atoms with E-state index in [0.29, 0.717) is 29.8 Å². The predicted molar refractivity (Wildman–Crippen MR) is 174 cm³/mol. The van der Waals surface area contributed by atoms with Gasteiger partial charge in [0.25, 0.3) is 0 Å². The van der Waals surface area contributed by atoms with Gasteiger partial charge in [0.2, 0.25) is 0 Å². The van der Waals surface area contributed by atoms with Gasteiger partial charge in [0.15, 0.2) is 0 Å². The Hall–Kier alpha value is -3.26. The summed E-state index contributed by atoms with van der Waals surface area (Å²) >= 11 is 0. The van der Waals surface area contributed by atoms with E-state index in [1.54, 1.807) is 11.1 Å². The molecule has 6 unspecified atom stereocenters. The third-order valence-electron chi connectivity index (χ3n) is 11.0. The molecular formula is C39H46N2. The zero-order valence-corrected chi connectivity index (χ0v) is 25.2. The highest BCUT2D eigenvalue weighted by Gasteiger charge is 2.38. The van der Waals surface area contributed by atoms with E-state index in [9.17, 15) is 0 Å². The van der Waals surface area contributed by atoms with Crippen molar-refractivity contribution < 1.29 is 0 Å². The van der Waals surface area contributed by atoms with Crippen molar-refractivity contribution in [2.75, 3.05) is 4.90 Å². The fourth-order valence-corrected chi connectivity index (χ4v) is 8.42. The monoisotopic (exact) mass is 542 g/mol. The molecule has 0 amide bonds. The molecule has 212 valence electrons. The lowest BCUT2D eigenvalue weighted by Crippen LogP contribution is -2.32. The lowest BCUT2D eigenvalue weighted by atomic mass is 9.73. The van der Waals surface area contributed by atoms with Crippen LogP contribution in [0.5, 0.6) is 0 Å². The van der Waals surface area contributed by atoms with Crippen molar-refractivity contribution in [3.63, 3.8) is 0 Å². The van der Waals surface area contributed by atoms with Gasteiger partial charge in [0, 0.05) is 34.5 Å². The second kappa shape index (κ2) is 10.9. The summed E-state index contributed by atoms with van der Waals surface area (Å²) < 4.78 is 0. The number of hydrogen-bond acceptors (Lipinski definition) is 2. The smallest absolute Gasteiger partial charge is 0.0629 e. The molecule has 6 aliphatic rings. The molecule has 0 saturated heterocycles. The first kappa shape index (κ1) is 26.6. The average Bonchev–Trinajstić information content (AvgIpc) is 3.54. The highest BCUT2D eigenvalue weighted by Crippen LogP contribution is 2.49. The Balaban J connectivity index is 1.11. The van der Waals surface area contributed by atoms with Gasteiger partial charge in [-0.05, 0) is 98.5 Å². The van der Waals surface area contributed by atoms with Crippen LogP contribution in [0.15, 0.2) is 113 Å². The highest BCUT2D eigenvalue weighted by atomic mass is 15.2. The molecular weight excluding hydrogens is 496 g/mol. The van der Waals surface area contributed by atoms with E-state index in [1.807, 2.05) is 0 Å². The van der Waals surface area contributed by atoms with Crippen LogP contribution in [0.2, 0.25) is 0 Å². The minimum Gasteiger partial charge on any atom is -0.381 e. The zero-order valence-electron chi connectivity index (χ0n) is 25.2. The van der Waals surface area contributed by atoms with E-state index in [0.717, 1.165) is 25.2 Å². The molecule has 0 bridgehead atoms. The molecule has 1 aromatic carbocycles. The van der Waals surface area contributed by atoms with Crippen molar-refractivity contribution in [2.45, 2.75) is 84.2 Å². The molecule has 0 radical (unpaired) electrons. The van der Waals surface area contributed by atoms with Crippen LogP contribution >= 0.6 is 0 Å². The second-order valence-corrected chi connectivity index (χ2v) is 13.2. The molecule has 7 rings (SSSR count). The van der Waals surface area contributed by atoms with Crippen LogP contribution in [0.4, 0.5) is 5.69 Å². The third kappa shape index (κ3) is 4.64. The number of fused-ring (bicyclic) bond motifs is 5. The number of hydrogen-bond donors (Lipinski definition) is 1. The first-order valence-corrected chi connectivity index (χ1v) is 16.2. The van der Waals surface area contributed by atoms with Crippen LogP contribution in [-0.2, 0) is 0 Å². The topological polar surface area (TPSA) is 15.3 Å². The molecule has 2 heterocycles. The van der Waals surface area contributed by atoms with Crippen LogP contribution in [0.1, 0.15) is 77.7 Å². The first-order valence-electron chi connectivity index (χ1n) is 16.2. The first-order chi connectivity index (χ1) is 20.0. The molecule has 1 aromatic rings. The summed E-state index contributed by atoms with van der Waals surface area (Å²) in [6.07, 6.45) is 28.8. The molecule has 2 nitrogen and oxygen atoms in total. The van der Waals surface area contributed by atoms with Gasteiger partial charge in [0.1, 0.15) is 0 Å². The quantitative estimate of drug-likeness (QED) is 0.360. The van der Waals surface area contributed by atoms with Crippen molar-refractivity contribution in [3.8, 4) is 0 Å². The Kier molecular flexibility index (Phi) is 7.05. The van der Waals surface area contributed by atoms with E-state index in [4.69, 9.17) is 6.58 Å². The molecule has 0 fully saturated rings. The van der Waals surface area contributed by atoms with Crippen LogP contribution in [0.25, 0.3) is 5.57 Å². The molecule has 41 heavy (non-hydrogen) atoms. The number of benzene rings is 1. The number of anilines is 1. The maximum Gasteiger partial charge on any atom is 0.0629 e. The minimum atomic E-state index is 0.360. The van der Waals surface area contributed by atoms with Crippen molar-refractivity contribution >= 4 is 11.3 Å². The van der Waals surface area contributed by atoms with Gasteiger partial charge >= 0.3 is 0 Å².